The summed E-state index contributed by atoms with van der Waals surface area (Å²) in [6, 6.07) is 15.6. The highest BCUT2D eigenvalue weighted by molar-refractivity contribution is 6.06. The monoisotopic (exact) mass is 428 g/mol. The van der Waals surface area contributed by atoms with Gasteiger partial charge in [-0.15, -0.1) is 0 Å². The van der Waals surface area contributed by atoms with Crippen molar-refractivity contribution in [3.05, 3.63) is 82.7 Å². The van der Waals surface area contributed by atoms with Crippen molar-refractivity contribution >= 4 is 28.3 Å². The molecule has 2 aromatic carbocycles. The van der Waals surface area contributed by atoms with Crippen LogP contribution in [0.4, 0.5) is 5.69 Å². The number of fused-ring (bicyclic) bond motifs is 2. The molecule has 0 saturated heterocycles. The maximum absolute atomic E-state index is 13.0. The summed E-state index contributed by atoms with van der Waals surface area (Å²) in [6.07, 6.45) is 2.31. The number of aryl methyl sites for hydroxylation is 1. The molecule has 164 valence electrons. The van der Waals surface area contributed by atoms with Crippen LogP contribution in [0.25, 0.3) is 10.9 Å². The van der Waals surface area contributed by atoms with Crippen LogP contribution in [0.15, 0.2) is 60.3 Å². The molecule has 0 saturated carbocycles. The fourth-order valence-corrected chi connectivity index (χ4v) is 4.63. The summed E-state index contributed by atoms with van der Waals surface area (Å²) >= 11 is 0. The molecule has 0 N–H and O–H groups in total. The number of carbonyl (C=O) groups excluding carboxylic acids is 2. The van der Waals surface area contributed by atoms with Crippen LogP contribution < -0.4 is 4.90 Å². The van der Waals surface area contributed by atoms with E-state index in [4.69, 9.17) is 4.74 Å². The van der Waals surface area contributed by atoms with Gasteiger partial charge in [-0.2, -0.15) is 0 Å². The van der Waals surface area contributed by atoms with Crippen LogP contribution >= 0.6 is 0 Å². The molecule has 3 aromatic rings. The summed E-state index contributed by atoms with van der Waals surface area (Å²) in [7, 11) is 1.96. The topological polar surface area (TPSA) is 59.5 Å². The van der Waals surface area contributed by atoms with Crippen molar-refractivity contribution < 1.29 is 14.3 Å². The van der Waals surface area contributed by atoms with Crippen LogP contribution in [0, 0.1) is 6.92 Å². The molecule has 0 fully saturated rings. The molecule has 1 aliphatic heterocycles. The molecule has 32 heavy (non-hydrogen) atoms. The lowest BCUT2D eigenvalue weighted by Gasteiger charge is -2.23. The van der Waals surface area contributed by atoms with E-state index in [9.17, 15) is 9.59 Å². The molecule has 5 heteroatoms. The summed E-state index contributed by atoms with van der Waals surface area (Å²) in [5.74, 6) is -0.738. The van der Waals surface area contributed by atoms with Gasteiger partial charge in [0.2, 0.25) is 0 Å². The summed E-state index contributed by atoms with van der Waals surface area (Å²) in [4.78, 5) is 32.5. The number of likely N-dealkylation sites (N-methyl/N-ethyl adjacent to an activating group) is 1. The minimum atomic E-state index is -0.495. The van der Waals surface area contributed by atoms with Gasteiger partial charge < -0.3 is 9.64 Å². The number of nitrogens with zero attached hydrogens (tertiary/aromatic N) is 2. The Hall–Kier alpha value is -3.47. The second-order valence-electron chi connectivity index (χ2n) is 8.70. The number of para-hydroxylation sites is 2. The van der Waals surface area contributed by atoms with E-state index in [-0.39, 0.29) is 17.8 Å². The second-order valence-corrected chi connectivity index (χ2v) is 8.70. The van der Waals surface area contributed by atoms with Gasteiger partial charge in [0.1, 0.15) is 0 Å². The Morgan fingerprint density at radius 3 is 2.50 bits per heavy atom. The molecule has 0 atom stereocenters. The first-order valence-electron chi connectivity index (χ1n) is 10.9. The molecule has 0 spiro atoms. The maximum Gasteiger partial charge on any atom is 0.339 e. The molecule has 0 amide bonds. The molecule has 4 rings (SSSR count). The Balaban J connectivity index is 1.57. The predicted octanol–water partition coefficient (Wildman–Crippen LogP) is 5.14. The molecule has 0 bridgehead atoms. The lowest BCUT2D eigenvalue weighted by Crippen LogP contribution is -2.25. The molecule has 0 unspecified atom stereocenters. The number of anilines is 1. The average Bonchev–Trinajstić information content (AvgIpc) is 2.98. The van der Waals surface area contributed by atoms with Gasteiger partial charge in [-0.25, -0.2) is 4.79 Å². The summed E-state index contributed by atoms with van der Waals surface area (Å²) in [5, 5.41) is 0.741. The molecule has 1 aliphatic rings. The van der Waals surface area contributed by atoms with Crippen LogP contribution in [0.1, 0.15) is 48.0 Å². The van der Waals surface area contributed by atoms with Crippen molar-refractivity contribution in [1.29, 1.82) is 0 Å². The SMILES string of the molecule is CCc1nc2ccccc2c(C(=O)OCC(=O)C=C2N(C)c3ccccc3C2(C)C)c1C. The van der Waals surface area contributed by atoms with Crippen molar-refractivity contribution in [2.75, 3.05) is 18.6 Å². The third kappa shape index (κ3) is 3.58. The van der Waals surface area contributed by atoms with E-state index in [1.54, 1.807) is 6.08 Å². The van der Waals surface area contributed by atoms with Crippen molar-refractivity contribution in [3.63, 3.8) is 0 Å². The number of rotatable bonds is 5. The van der Waals surface area contributed by atoms with Crippen molar-refractivity contribution in [1.82, 2.24) is 4.98 Å². The zero-order valence-corrected chi connectivity index (χ0v) is 19.2. The van der Waals surface area contributed by atoms with Gasteiger partial charge in [0, 0.05) is 41.0 Å². The molecule has 2 heterocycles. The number of benzene rings is 2. The van der Waals surface area contributed by atoms with Gasteiger partial charge in [-0.3, -0.25) is 9.78 Å². The molecular weight excluding hydrogens is 400 g/mol. The van der Waals surface area contributed by atoms with Crippen LogP contribution in [-0.4, -0.2) is 30.4 Å². The van der Waals surface area contributed by atoms with Crippen LogP contribution in [0.5, 0.6) is 0 Å². The fraction of sp³-hybridized carbons (Fsp3) is 0.296. The first-order chi connectivity index (χ1) is 15.3. The highest BCUT2D eigenvalue weighted by Crippen LogP contribution is 2.46. The van der Waals surface area contributed by atoms with Gasteiger partial charge in [-0.05, 0) is 36.6 Å². The molecule has 5 nitrogen and oxygen atoms in total. The molecule has 1 aromatic heterocycles. The Morgan fingerprint density at radius 2 is 1.78 bits per heavy atom. The number of carbonyl (C=O) groups is 2. The van der Waals surface area contributed by atoms with E-state index in [1.807, 2.05) is 68.3 Å². The minimum Gasteiger partial charge on any atom is -0.454 e. The minimum absolute atomic E-state index is 0.243. The zero-order valence-electron chi connectivity index (χ0n) is 19.2. The summed E-state index contributed by atoms with van der Waals surface area (Å²) in [6.45, 7) is 7.78. The maximum atomic E-state index is 13.0. The normalized spacial score (nSPS) is 15.8. The van der Waals surface area contributed by atoms with E-state index in [0.717, 1.165) is 33.5 Å². The van der Waals surface area contributed by atoms with Crippen LogP contribution in [0.2, 0.25) is 0 Å². The van der Waals surface area contributed by atoms with Crippen molar-refractivity contribution in [2.45, 2.75) is 39.5 Å². The van der Waals surface area contributed by atoms with Crippen molar-refractivity contribution in [2.24, 2.45) is 0 Å². The highest BCUT2D eigenvalue weighted by atomic mass is 16.5. The Kier molecular flexibility index (Phi) is 5.59. The summed E-state index contributed by atoms with van der Waals surface area (Å²) in [5.41, 5.74) is 5.73. The van der Waals surface area contributed by atoms with Crippen LogP contribution in [0.3, 0.4) is 0 Å². The van der Waals surface area contributed by atoms with E-state index in [0.29, 0.717) is 12.0 Å². The van der Waals surface area contributed by atoms with Gasteiger partial charge in [0.15, 0.2) is 12.4 Å². The lowest BCUT2D eigenvalue weighted by molar-refractivity contribution is -0.117. The zero-order chi connectivity index (χ0) is 23.0. The fourth-order valence-electron chi connectivity index (χ4n) is 4.63. The quantitative estimate of drug-likeness (QED) is 0.416. The standard InChI is InChI=1S/C27H28N2O3/c1-6-21-17(2)25(19-11-7-9-13-22(19)28-21)26(31)32-16-18(30)15-24-27(3,4)20-12-8-10-14-23(20)29(24)5/h7-15H,6,16H2,1-5H3. The largest absolute Gasteiger partial charge is 0.454 e. The number of pyridine rings is 1. The van der Waals surface area contributed by atoms with Gasteiger partial charge in [0.25, 0.3) is 0 Å². The molecule has 0 radical (unpaired) electrons. The number of ether oxygens (including phenoxy) is 1. The van der Waals surface area contributed by atoms with Gasteiger partial charge >= 0.3 is 5.97 Å². The molecular formula is C27H28N2O3. The molecule has 0 aliphatic carbocycles. The van der Waals surface area contributed by atoms with E-state index < -0.39 is 5.97 Å². The number of aromatic nitrogens is 1. The Labute approximate surface area is 188 Å². The Morgan fingerprint density at radius 1 is 1.09 bits per heavy atom. The smallest absolute Gasteiger partial charge is 0.339 e. The number of allylic oxidation sites excluding steroid dienone is 1. The third-order valence-corrected chi connectivity index (χ3v) is 6.36. The first-order valence-corrected chi connectivity index (χ1v) is 10.9. The predicted molar refractivity (Wildman–Crippen MR) is 127 cm³/mol. The highest BCUT2D eigenvalue weighted by Gasteiger charge is 2.38. The van der Waals surface area contributed by atoms with E-state index in [1.165, 1.54) is 5.56 Å². The van der Waals surface area contributed by atoms with E-state index in [2.05, 4.69) is 24.9 Å². The number of hydrogen-bond donors (Lipinski definition) is 0. The number of esters is 1. The van der Waals surface area contributed by atoms with Gasteiger partial charge in [-0.1, -0.05) is 57.2 Å². The lowest BCUT2D eigenvalue weighted by atomic mass is 9.83. The third-order valence-electron chi connectivity index (χ3n) is 6.36. The Bertz CT molecular complexity index is 1260. The first kappa shape index (κ1) is 21.8. The van der Waals surface area contributed by atoms with Gasteiger partial charge in [0.05, 0.1) is 11.1 Å². The summed E-state index contributed by atoms with van der Waals surface area (Å²) < 4.78 is 5.49. The number of hydrogen-bond acceptors (Lipinski definition) is 5. The number of ketones is 1. The van der Waals surface area contributed by atoms with Crippen molar-refractivity contribution in [3.8, 4) is 0 Å². The van der Waals surface area contributed by atoms with E-state index >= 15 is 0 Å². The van der Waals surface area contributed by atoms with Crippen LogP contribution in [-0.2, 0) is 21.4 Å². The average molecular weight is 429 g/mol. The second kappa shape index (κ2) is 8.23.